The van der Waals surface area contributed by atoms with Crippen LogP contribution in [0, 0.1) is 5.92 Å². The zero-order valence-electron chi connectivity index (χ0n) is 11.9. The van der Waals surface area contributed by atoms with E-state index in [0.29, 0.717) is 22.7 Å². The number of nitrogens with one attached hydrogen (secondary N) is 2. The highest BCUT2D eigenvalue weighted by Crippen LogP contribution is 2.32. The van der Waals surface area contributed by atoms with Gasteiger partial charge in [0.05, 0.1) is 11.2 Å². The SMILES string of the molecule is O=C(NC1CC2CC1CN2)c1ncc(-c2ccccc2Cl)o1. The highest BCUT2D eigenvalue weighted by atomic mass is 35.5. The first-order chi connectivity index (χ1) is 10.7. The number of aromatic nitrogens is 1. The topological polar surface area (TPSA) is 67.2 Å². The number of piperidine rings is 1. The smallest absolute Gasteiger partial charge is 0.307 e. The van der Waals surface area contributed by atoms with Crippen molar-refractivity contribution < 1.29 is 9.21 Å². The Hall–Kier alpha value is -1.85. The molecule has 5 nitrogen and oxygen atoms in total. The van der Waals surface area contributed by atoms with Crippen molar-refractivity contribution in [2.75, 3.05) is 6.54 Å². The molecule has 1 aromatic carbocycles. The minimum absolute atomic E-state index is 0.0886. The van der Waals surface area contributed by atoms with E-state index in [0.717, 1.165) is 24.9 Å². The predicted octanol–water partition coefficient (Wildman–Crippen LogP) is 2.48. The molecule has 0 spiro atoms. The number of oxazole rings is 1. The normalized spacial score (nSPS) is 26.3. The van der Waals surface area contributed by atoms with Crippen LogP contribution in [0.2, 0.25) is 5.02 Å². The second-order valence-electron chi connectivity index (χ2n) is 5.93. The van der Waals surface area contributed by atoms with Gasteiger partial charge >= 0.3 is 5.91 Å². The lowest BCUT2D eigenvalue weighted by Crippen LogP contribution is -2.44. The zero-order valence-corrected chi connectivity index (χ0v) is 12.6. The quantitative estimate of drug-likeness (QED) is 0.912. The molecule has 3 unspecified atom stereocenters. The molecule has 22 heavy (non-hydrogen) atoms. The van der Waals surface area contributed by atoms with Gasteiger partial charge in [-0.1, -0.05) is 23.7 Å². The van der Waals surface area contributed by atoms with Crippen molar-refractivity contribution in [3.05, 3.63) is 41.4 Å². The molecule has 2 aliphatic rings. The van der Waals surface area contributed by atoms with E-state index in [1.807, 2.05) is 18.2 Å². The maximum atomic E-state index is 12.3. The second kappa shape index (κ2) is 5.41. The number of carbonyl (C=O) groups is 1. The van der Waals surface area contributed by atoms with Crippen molar-refractivity contribution in [3.63, 3.8) is 0 Å². The summed E-state index contributed by atoms with van der Waals surface area (Å²) in [6.07, 6.45) is 3.66. The van der Waals surface area contributed by atoms with Gasteiger partial charge < -0.3 is 15.1 Å². The van der Waals surface area contributed by atoms with Crippen molar-refractivity contribution in [2.24, 2.45) is 5.92 Å². The molecule has 0 radical (unpaired) electrons. The molecule has 3 atom stereocenters. The number of amides is 1. The lowest BCUT2D eigenvalue weighted by Gasteiger charge is -2.22. The first kappa shape index (κ1) is 13.8. The van der Waals surface area contributed by atoms with Gasteiger partial charge in [0.1, 0.15) is 0 Å². The molecule has 2 heterocycles. The number of hydrogen-bond acceptors (Lipinski definition) is 4. The minimum atomic E-state index is -0.254. The van der Waals surface area contributed by atoms with Crippen LogP contribution < -0.4 is 10.6 Å². The number of nitrogens with zero attached hydrogens (tertiary/aromatic N) is 1. The van der Waals surface area contributed by atoms with E-state index in [1.54, 1.807) is 12.3 Å². The average Bonchev–Trinajstić information content (AvgIpc) is 3.24. The van der Waals surface area contributed by atoms with E-state index >= 15 is 0 Å². The summed E-state index contributed by atoms with van der Waals surface area (Å²) in [6.45, 7) is 0.978. The molecule has 2 N–H and O–H groups in total. The van der Waals surface area contributed by atoms with Gasteiger partial charge in [-0.05, 0) is 30.9 Å². The summed E-state index contributed by atoms with van der Waals surface area (Å²) >= 11 is 6.13. The molecule has 2 bridgehead atoms. The van der Waals surface area contributed by atoms with E-state index in [4.69, 9.17) is 16.0 Å². The van der Waals surface area contributed by atoms with Crippen LogP contribution in [-0.4, -0.2) is 29.5 Å². The van der Waals surface area contributed by atoms with Gasteiger partial charge in [-0.15, -0.1) is 0 Å². The zero-order chi connectivity index (χ0) is 15.1. The number of benzene rings is 1. The second-order valence-corrected chi connectivity index (χ2v) is 6.33. The maximum absolute atomic E-state index is 12.3. The Morgan fingerprint density at radius 3 is 2.95 bits per heavy atom. The van der Waals surface area contributed by atoms with Crippen molar-refractivity contribution in [3.8, 4) is 11.3 Å². The Kier molecular flexibility index (Phi) is 3.39. The van der Waals surface area contributed by atoms with Gasteiger partial charge in [0.25, 0.3) is 5.89 Å². The van der Waals surface area contributed by atoms with Crippen LogP contribution in [0.15, 0.2) is 34.9 Å². The monoisotopic (exact) mass is 317 g/mol. The van der Waals surface area contributed by atoms with E-state index in [1.165, 1.54) is 0 Å². The summed E-state index contributed by atoms with van der Waals surface area (Å²) in [5, 5.41) is 7.04. The van der Waals surface area contributed by atoms with Gasteiger partial charge in [0.15, 0.2) is 5.76 Å². The molecule has 1 aliphatic carbocycles. The molecular formula is C16H16ClN3O2. The first-order valence-corrected chi connectivity index (χ1v) is 7.83. The fraction of sp³-hybridized carbons (Fsp3) is 0.375. The number of fused-ring (bicyclic) bond motifs is 2. The summed E-state index contributed by atoms with van der Waals surface area (Å²) in [6, 6.07) is 8.09. The van der Waals surface area contributed by atoms with Crippen LogP contribution >= 0.6 is 11.6 Å². The Balaban J connectivity index is 1.49. The Morgan fingerprint density at radius 2 is 2.23 bits per heavy atom. The van der Waals surface area contributed by atoms with Gasteiger partial charge in [-0.3, -0.25) is 4.79 Å². The average molecular weight is 318 g/mol. The van der Waals surface area contributed by atoms with Crippen LogP contribution in [0.25, 0.3) is 11.3 Å². The first-order valence-electron chi connectivity index (χ1n) is 7.45. The molecule has 1 saturated heterocycles. The molecule has 1 amide bonds. The third-order valence-electron chi connectivity index (χ3n) is 4.52. The molecule has 1 saturated carbocycles. The van der Waals surface area contributed by atoms with E-state index in [2.05, 4.69) is 15.6 Å². The fourth-order valence-corrected chi connectivity index (χ4v) is 3.64. The molecule has 6 heteroatoms. The van der Waals surface area contributed by atoms with Gasteiger partial charge in [0.2, 0.25) is 0 Å². The molecule has 1 aromatic heterocycles. The van der Waals surface area contributed by atoms with Crippen LogP contribution in [0.5, 0.6) is 0 Å². The predicted molar refractivity (Wildman–Crippen MR) is 82.7 cm³/mol. The van der Waals surface area contributed by atoms with Gasteiger partial charge in [-0.2, -0.15) is 0 Å². The van der Waals surface area contributed by atoms with Gasteiger partial charge in [-0.25, -0.2) is 4.98 Å². The lowest BCUT2D eigenvalue weighted by molar-refractivity contribution is 0.0890. The minimum Gasteiger partial charge on any atom is -0.432 e. The third-order valence-corrected chi connectivity index (χ3v) is 4.85. The largest absolute Gasteiger partial charge is 0.432 e. The van der Waals surface area contributed by atoms with E-state index in [9.17, 15) is 4.79 Å². The molecule has 2 aromatic rings. The van der Waals surface area contributed by atoms with Crippen molar-refractivity contribution in [2.45, 2.75) is 24.9 Å². The Morgan fingerprint density at radius 1 is 1.36 bits per heavy atom. The van der Waals surface area contributed by atoms with Crippen molar-refractivity contribution in [1.29, 1.82) is 0 Å². The number of carbonyl (C=O) groups excluding carboxylic acids is 1. The number of halogens is 1. The van der Waals surface area contributed by atoms with Gasteiger partial charge in [0, 0.05) is 24.2 Å². The molecule has 1 aliphatic heterocycles. The van der Waals surface area contributed by atoms with E-state index < -0.39 is 0 Å². The number of rotatable bonds is 3. The molecule has 4 rings (SSSR count). The highest BCUT2D eigenvalue weighted by Gasteiger charge is 2.40. The Labute approximate surface area is 133 Å². The summed E-state index contributed by atoms with van der Waals surface area (Å²) in [7, 11) is 0. The third kappa shape index (κ3) is 2.40. The summed E-state index contributed by atoms with van der Waals surface area (Å²) < 4.78 is 5.58. The fourth-order valence-electron chi connectivity index (χ4n) is 3.41. The maximum Gasteiger partial charge on any atom is 0.307 e. The lowest BCUT2D eigenvalue weighted by atomic mass is 10.0. The summed E-state index contributed by atoms with van der Waals surface area (Å²) in [5.41, 5.74) is 0.736. The van der Waals surface area contributed by atoms with Crippen LogP contribution in [0.1, 0.15) is 23.5 Å². The van der Waals surface area contributed by atoms with Crippen molar-refractivity contribution in [1.82, 2.24) is 15.6 Å². The molecular weight excluding hydrogens is 302 g/mol. The highest BCUT2D eigenvalue weighted by molar-refractivity contribution is 6.33. The summed E-state index contributed by atoms with van der Waals surface area (Å²) in [5.74, 6) is 0.860. The standard InChI is InChI=1S/C16H16ClN3O2/c17-12-4-2-1-3-11(12)14-8-19-16(22-14)15(21)20-13-6-10-5-9(13)7-18-10/h1-4,8-10,13,18H,5-7H2,(H,20,21). The Bertz CT molecular complexity index is 715. The van der Waals surface area contributed by atoms with Crippen LogP contribution in [0.4, 0.5) is 0 Å². The summed E-state index contributed by atoms with van der Waals surface area (Å²) in [4.78, 5) is 16.4. The molecule has 2 fully saturated rings. The van der Waals surface area contributed by atoms with Crippen LogP contribution in [0.3, 0.4) is 0 Å². The number of hydrogen-bond donors (Lipinski definition) is 2. The van der Waals surface area contributed by atoms with E-state index in [-0.39, 0.29) is 17.8 Å². The van der Waals surface area contributed by atoms with Crippen LogP contribution in [-0.2, 0) is 0 Å². The van der Waals surface area contributed by atoms with Crippen molar-refractivity contribution >= 4 is 17.5 Å². The molecule has 114 valence electrons.